The third-order valence-electron chi connectivity index (χ3n) is 4.33. The zero-order chi connectivity index (χ0) is 18.1. The molecule has 0 spiro atoms. The Labute approximate surface area is 170 Å². The standard InChI is InChI=1S/C16H29F3N4O2.HI/c1-2-20-15(21-5-3-9-25-13-16(17,18)19)23-6-4-14(12-23)22-7-10-24-11-8-22;/h14H,2-13H2,1H3,(H,20,21);1H. The van der Waals surface area contributed by atoms with Crippen LogP contribution in [0.5, 0.6) is 0 Å². The zero-order valence-corrected chi connectivity index (χ0v) is 17.6. The zero-order valence-electron chi connectivity index (χ0n) is 15.3. The SMILES string of the molecule is CCNC(=NCCCOCC(F)(F)F)N1CCC(N2CCOCC2)C1.I. The molecule has 0 aromatic rings. The van der Waals surface area contributed by atoms with Crippen LogP contribution >= 0.6 is 24.0 Å². The van der Waals surface area contributed by atoms with Crippen LogP contribution in [0, 0.1) is 0 Å². The van der Waals surface area contributed by atoms with E-state index in [0.717, 1.165) is 58.3 Å². The van der Waals surface area contributed by atoms with Gasteiger partial charge >= 0.3 is 6.18 Å². The van der Waals surface area contributed by atoms with E-state index in [-0.39, 0.29) is 30.6 Å². The summed E-state index contributed by atoms with van der Waals surface area (Å²) in [5, 5.41) is 3.28. The largest absolute Gasteiger partial charge is 0.411 e. The molecule has 10 heteroatoms. The Morgan fingerprint density at radius 3 is 2.65 bits per heavy atom. The van der Waals surface area contributed by atoms with Crippen molar-refractivity contribution in [2.24, 2.45) is 4.99 Å². The van der Waals surface area contributed by atoms with Crippen molar-refractivity contribution in [3.05, 3.63) is 0 Å². The molecular formula is C16H30F3IN4O2. The van der Waals surface area contributed by atoms with Gasteiger partial charge in [-0.05, 0) is 19.8 Å². The Hall–Kier alpha value is -0.330. The van der Waals surface area contributed by atoms with Gasteiger partial charge in [0.05, 0.1) is 13.2 Å². The lowest BCUT2D eigenvalue weighted by Crippen LogP contribution is -2.46. The van der Waals surface area contributed by atoms with Crippen LogP contribution in [0.1, 0.15) is 19.8 Å². The van der Waals surface area contributed by atoms with E-state index in [0.29, 0.717) is 19.0 Å². The fourth-order valence-corrected chi connectivity index (χ4v) is 3.14. The first-order valence-corrected chi connectivity index (χ1v) is 8.99. The summed E-state index contributed by atoms with van der Waals surface area (Å²) in [6.07, 6.45) is -2.69. The van der Waals surface area contributed by atoms with Gasteiger partial charge in [0, 0.05) is 51.9 Å². The van der Waals surface area contributed by atoms with Gasteiger partial charge in [0.25, 0.3) is 0 Å². The monoisotopic (exact) mass is 494 g/mol. The van der Waals surface area contributed by atoms with Gasteiger partial charge in [0.2, 0.25) is 0 Å². The lowest BCUT2D eigenvalue weighted by molar-refractivity contribution is -0.173. The molecule has 6 nitrogen and oxygen atoms in total. The molecule has 2 aliphatic heterocycles. The predicted octanol–water partition coefficient (Wildman–Crippen LogP) is 1.95. The van der Waals surface area contributed by atoms with E-state index in [2.05, 4.69) is 24.8 Å². The van der Waals surface area contributed by atoms with E-state index >= 15 is 0 Å². The third-order valence-corrected chi connectivity index (χ3v) is 4.33. The Kier molecular flexibility index (Phi) is 11.1. The number of ether oxygens (including phenoxy) is 2. The summed E-state index contributed by atoms with van der Waals surface area (Å²) in [4.78, 5) is 9.24. The second kappa shape index (κ2) is 12.2. The van der Waals surface area contributed by atoms with Gasteiger partial charge in [0.1, 0.15) is 6.61 Å². The predicted molar refractivity (Wildman–Crippen MR) is 105 cm³/mol. The molecule has 0 amide bonds. The fraction of sp³-hybridized carbons (Fsp3) is 0.938. The molecular weight excluding hydrogens is 464 g/mol. The van der Waals surface area contributed by atoms with Crippen molar-refractivity contribution in [1.82, 2.24) is 15.1 Å². The Balaban J connectivity index is 0.00000338. The Bertz CT molecular complexity index is 421. The van der Waals surface area contributed by atoms with Crippen LogP contribution in [0.4, 0.5) is 13.2 Å². The molecule has 1 unspecified atom stereocenters. The van der Waals surface area contributed by atoms with Gasteiger partial charge in [-0.3, -0.25) is 9.89 Å². The summed E-state index contributed by atoms with van der Waals surface area (Å²) in [6, 6.07) is 0.517. The normalized spacial score (nSPS) is 22.4. The number of halogens is 4. The topological polar surface area (TPSA) is 49.3 Å². The first kappa shape index (κ1) is 23.7. The molecule has 0 aromatic heterocycles. The highest BCUT2D eigenvalue weighted by Crippen LogP contribution is 2.17. The van der Waals surface area contributed by atoms with E-state index in [1.54, 1.807) is 0 Å². The number of alkyl halides is 3. The van der Waals surface area contributed by atoms with Gasteiger partial charge in [0.15, 0.2) is 5.96 Å². The maximum absolute atomic E-state index is 12.0. The van der Waals surface area contributed by atoms with E-state index in [4.69, 9.17) is 4.74 Å². The molecule has 26 heavy (non-hydrogen) atoms. The fourth-order valence-electron chi connectivity index (χ4n) is 3.14. The quantitative estimate of drug-likeness (QED) is 0.254. The highest BCUT2D eigenvalue weighted by Gasteiger charge is 2.30. The van der Waals surface area contributed by atoms with E-state index in [1.165, 1.54) is 0 Å². The van der Waals surface area contributed by atoms with Crippen molar-refractivity contribution < 1.29 is 22.6 Å². The molecule has 0 radical (unpaired) electrons. The van der Waals surface area contributed by atoms with Crippen LogP contribution < -0.4 is 5.32 Å². The van der Waals surface area contributed by atoms with Crippen LogP contribution in [0.15, 0.2) is 4.99 Å². The molecule has 1 atom stereocenters. The molecule has 0 bridgehead atoms. The minimum absolute atomic E-state index is 0. The molecule has 2 aliphatic rings. The number of hydrogen-bond donors (Lipinski definition) is 1. The lowest BCUT2D eigenvalue weighted by atomic mass is 10.2. The first-order chi connectivity index (χ1) is 12.0. The van der Waals surface area contributed by atoms with Crippen molar-refractivity contribution >= 4 is 29.9 Å². The van der Waals surface area contributed by atoms with Gasteiger partial charge in [-0.25, -0.2) is 0 Å². The maximum atomic E-state index is 12.0. The molecule has 2 saturated heterocycles. The van der Waals surface area contributed by atoms with Crippen LogP contribution in [0.3, 0.4) is 0 Å². The second-order valence-electron chi connectivity index (χ2n) is 6.29. The smallest absolute Gasteiger partial charge is 0.379 e. The molecule has 0 saturated carbocycles. The highest BCUT2D eigenvalue weighted by atomic mass is 127. The highest BCUT2D eigenvalue weighted by molar-refractivity contribution is 14.0. The van der Waals surface area contributed by atoms with Gasteiger partial charge in [-0.15, -0.1) is 24.0 Å². The maximum Gasteiger partial charge on any atom is 0.411 e. The lowest BCUT2D eigenvalue weighted by Gasteiger charge is -2.32. The summed E-state index contributed by atoms with van der Waals surface area (Å²) in [5.41, 5.74) is 0. The summed E-state index contributed by atoms with van der Waals surface area (Å²) < 4.78 is 46.0. The van der Waals surface area contributed by atoms with Crippen LogP contribution in [0.2, 0.25) is 0 Å². The number of aliphatic imine (C=N–C) groups is 1. The molecule has 0 aliphatic carbocycles. The third kappa shape index (κ3) is 8.57. The van der Waals surface area contributed by atoms with Crippen molar-refractivity contribution in [2.45, 2.75) is 32.0 Å². The van der Waals surface area contributed by atoms with E-state index < -0.39 is 12.8 Å². The number of nitrogens with zero attached hydrogens (tertiary/aromatic N) is 3. The van der Waals surface area contributed by atoms with Crippen molar-refractivity contribution in [3.63, 3.8) is 0 Å². The number of likely N-dealkylation sites (tertiary alicyclic amines) is 1. The molecule has 0 aromatic carbocycles. The number of guanidine groups is 1. The number of nitrogens with one attached hydrogen (secondary N) is 1. The molecule has 2 rings (SSSR count). The second-order valence-corrected chi connectivity index (χ2v) is 6.29. The van der Waals surface area contributed by atoms with Crippen LogP contribution in [0.25, 0.3) is 0 Å². The average molecular weight is 494 g/mol. The number of rotatable bonds is 7. The minimum atomic E-state index is -4.26. The van der Waals surface area contributed by atoms with Gasteiger partial charge in [-0.1, -0.05) is 0 Å². The number of morpholine rings is 1. The molecule has 154 valence electrons. The van der Waals surface area contributed by atoms with E-state index in [1.807, 2.05) is 6.92 Å². The van der Waals surface area contributed by atoms with Crippen molar-refractivity contribution in [2.75, 3.05) is 65.7 Å². The molecule has 1 N–H and O–H groups in total. The summed E-state index contributed by atoms with van der Waals surface area (Å²) >= 11 is 0. The average Bonchev–Trinajstić information content (AvgIpc) is 3.07. The van der Waals surface area contributed by atoms with Gasteiger partial charge in [-0.2, -0.15) is 13.2 Å². The Morgan fingerprint density at radius 2 is 2.00 bits per heavy atom. The van der Waals surface area contributed by atoms with Crippen molar-refractivity contribution in [3.8, 4) is 0 Å². The summed E-state index contributed by atoms with van der Waals surface area (Å²) in [5.74, 6) is 0.842. The van der Waals surface area contributed by atoms with E-state index in [9.17, 15) is 13.2 Å². The minimum Gasteiger partial charge on any atom is -0.379 e. The van der Waals surface area contributed by atoms with Gasteiger partial charge < -0.3 is 19.7 Å². The summed E-state index contributed by atoms with van der Waals surface area (Å²) in [7, 11) is 0. The van der Waals surface area contributed by atoms with Crippen LogP contribution in [-0.4, -0.2) is 93.7 Å². The first-order valence-electron chi connectivity index (χ1n) is 8.99. The van der Waals surface area contributed by atoms with Crippen LogP contribution in [-0.2, 0) is 9.47 Å². The number of hydrogen-bond acceptors (Lipinski definition) is 4. The molecule has 2 fully saturated rings. The molecule has 2 heterocycles. The Morgan fingerprint density at radius 1 is 1.27 bits per heavy atom. The summed E-state index contributed by atoms with van der Waals surface area (Å²) in [6.45, 7) is 7.52. The van der Waals surface area contributed by atoms with Crippen molar-refractivity contribution in [1.29, 1.82) is 0 Å².